The number of aromatic amines is 1. The number of pyridine rings is 1. The molecule has 2 aromatic heterocycles. The minimum absolute atomic E-state index is 0.156. The Bertz CT molecular complexity index is 830. The van der Waals surface area contributed by atoms with E-state index >= 15 is 0 Å². The molecule has 0 saturated carbocycles. The Balaban J connectivity index is 1.74. The molecule has 3 heterocycles. The molecule has 0 spiro atoms. The van der Waals surface area contributed by atoms with Crippen LogP contribution < -0.4 is 9.47 Å². The minimum Gasteiger partial charge on any atom is -0.493 e. The van der Waals surface area contributed by atoms with Crippen LogP contribution in [0.1, 0.15) is 28.4 Å². The molecule has 1 aliphatic heterocycles. The number of ether oxygens (including phenoxy) is 2. The van der Waals surface area contributed by atoms with Crippen molar-refractivity contribution >= 4 is 0 Å². The molecule has 24 heavy (non-hydrogen) atoms. The van der Waals surface area contributed by atoms with Crippen LogP contribution in [0.2, 0.25) is 0 Å². The molecule has 1 atom stereocenters. The van der Waals surface area contributed by atoms with Gasteiger partial charge in [-0.25, -0.2) is 9.97 Å². The number of nitrogens with zero attached hydrogens (tertiary/aromatic N) is 2. The molecule has 0 bridgehead atoms. The number of benzene rings is 1. The summed E-state index contributed by atoms with van der Waals surface area (Å²) in [4.78, 5) is 12.0. The molecular formula is C19H19N3O2. The second kappa shape index (κ2) is 6.35. The van der Waals surface area contributed by atoms with Gasteiger partial charge in [0, 0.05) is 48.0 Å². The quantitative estimate of drug-likeness (QED) is 0.784. The lowest BCUT2D eigenvalue weighted by Crippen LogP contribution is -2.09. The van der Waals surface area contributed by atoms with E-state index in [4.69, 9.17) is 9.47 Å². The van der Waals surface area contributed by atoms with Gasteiger partial charge in [0.25, 0.3) is 0 Å². The molecule has 1 aliphatic rings. The summed E-state index contributed by atoms with van der Waals surface area (Å²) in [6.07, 6.45) is 5.33. The fourth-order valence-electron chi connectivity index (χ4n) is 3.31. The summed E-state index contributed by atoms with van der Waals surface area (Å²) in [7, 11) is 1.64. The molecule has 1 N–H and O–H groups in total. The van der Waals surface area contributed by atoms with Crippen LogP contribution >= 0.6 is 0 Å². The van der Waals surface area contributed by atoms with Gasteiger partial charge in [-0.05, 0) is 17.7 Å². The molecular weight excluding hydrogens is 302 g/mol. The van der Waals surface area contributed by atoms with Crippen molar-refractivity contribution in [3.05, 3.63) is 71.4 Å². The smallest absolute Gasteiger partial charge is 0.213 e. The standard InChI is InChI=1S/C19H19N3O2/c1-23-19-7-2-4-13(22-19)10-16(17-11-20-12-21-17)14-5-3-6-18-15(14)8-9-24-18/h2-7,11-12,16H,8-10H2,1H3,(H,20,21)/t16-/m0/s1. The maximum Gasteiger partial charge on any atom is 0.213 e. The highest BCUT2D eigenvalue weighted by atomic mass is 16.5. The van der Waals surface area contributed by atoms with Crippen molar-refractivity contribution in [3.8, 4) is 11.6 Å². The van der Waals surface area contributed by atoms with Gasteiger partial charge in [0.1, 0.15) is 5.75 Å². The fraction of sp³-hybridized carbons (Fsp3) is 0.263. The molecule has 0 radical (unpaired) electrons. The van der Waals surface area contributed by atoms with Gasteiger partial charge in [-0.2, -0.15) is 0 Å². The van der Waals surface area contributed by atoms with E-state index in [-0.39, 0.29) is 5.92 Å². The Morgan fingerprint density at radius 1 is 1.25 bits per heavy atom. The van der Waals surface area contributed by atoms with Crippen LogP contribution in [-0.2, 0) is 12.8 Å². The van der Waals surface area contributed by atoms with E-state index in [2.05, 4.69) is 27.1 Å². The van der Waals surface area contributed by atoms with Crippen molar-refractivity contribution in [2.45, 2.75) is 18.8 Å². The third kappa shape index (κ3) is 2.73. The van der Waals surface area contributed by atoms with Crippen LogP contribution in [0.15, 0.2) is 48.9 Å². The number of imidazole rings is 1. The van der Waals surface area contributed by atoms with Gasteiger partial charge in [-0.3, -0.25) is 0 Å². The molecule has 0 saturated heterocycles. The van der Waals surface area contributed by atoms with Gasteiger partial charge >= 0.3 is 0 Å². The molecule has 5 heteroatoms. The average molecular weight is 321 g/mol. The van der Waals surface area contributed by atoms with E-state index in [0.717, 1.165) is 36.6 Å². The van der Waals surface area contributed by atoms with E-state index in [0.29, 0.717) is 5.88 Å². The maximum atomic E-state index is 5.73. The zero-order chi connectivity index (χ0) is 16.4. The topological polar surface area (TPSA) is 60.0 Å². The molecule has 122 valence electrons. The van der Waals surface area contributed by atoms with Crippen LogP contribution in [0.5, 0.6) is 11.6 Å². The molecule has 0 fully saturated rings. The number of fused-ring (bicyclic) bond motifs is 1. The molecule has 0 unspecified atom stereocenters. The molecule has 1 aromatic carbocycles. The zero-order valence-corrected chi connectivity index (χ0v) is 13.5. The van der Waals surface area contributed by atoms with Crippen molar-refractivity contribution in [1.82, 2.24) is 15.0 Å². The van der Waals surface area contributed by atoms with Crippen molar-refractivity contribution in [3.63, 3.8) is 0 Å². The Hall–Kier alpha value is -2.82. The minimum atomic E-state index is 0.156. The number of methoxy groups -OCH3 is 1. The van der Waals surface area contributed by atoms with E-state index in [1.165, 1.54) is 11.1 Å². The highest BCUT2D eigenvalue weighted by Gasteiger charge is 2.24. The number of hydrogen-bond acceptors (Lipinski definition) is 4. The Morgan fingerprint density at radius 3 is 3.00 bits per heavy atom. The van der Waals surface area contributed by atoms with Gasteiger partial charge in [0.2, 0.25) is 5.88 Å². The van der Waals surface area contributed by atoms with Crippen molar-refractivity contribution in [1.29, 1.82) is 0 Å². The number of rotatable bonds is 5. The van der Waals surface area contributed by atoms with Crippen LogP contribution in [0.25, 0.3) is 0 Å². The maximum absolute atomic E-state index is 5.73. The second-order valence-corrected chi connectivity index (χ2v) is 5.86. The van der Waals surface area contributed by atoms with E-state index < -0.39 is 0 Å². The molecule has 0 aliphatic carbocycles. The van der Waals surface area contributed by atoms with E-state index in [1.54, 1.807) is 13.4 Å². The summed E-state index contributed by atoms with van der Waals surface area (Å²) in [5.74, 6) is 1.79. The predicted molar refractivity (Wildman–Crippen MR) is 90.6 cm³/mol. The largest absolute Gasteiger partial charge is 0.493 e. The Kier molecular flexibility index (Phi) is 3.91. The highest BCUT2D eigenvalue weighted by Crippen LogP contribution is 2.36. The number of hydrogen-bond donors (Lipinski definition) is 1. The third-order valence-corrected chi connectivity index (χ3v) is 4.45. The van der Waals surface area contributed by atoms with E-state index in [1.807, 2.05) is 30.5 Å². The Labute approximate surface area is 140 Å². The van der Waals surface area contributed by atoms with Crippen molar-refractivity contribution in [2.75, 3.05) is 13.7 Å². The van der Waals surface area contributed by atoms with Gasteiger partial charge in [0.15, 0.2) is 0 Å². The lowest BCUT2D eigenvalue weighted by atomic mass is 9.87. The molecule has 0 amide bonds. The lowest BCUT2D eigenvalue weighted by Gasteiger charge is -2.18. The van der Waals surface area contributed by atoms with Gasteiger partial charge in [-0.1, -0.05) is 18.2 Å². The van der Waals surface area contributed by atoms with Crippen LogP contribution in [0, 0.1) is 0 Å². The number of aromatic nitrogens is 3. The summed E-state index contributed by atoms with van der Waals surface area (Å²) >= 11 is 0. The van der Waals surface area contributed by atoms with Crippen LogP contribution in [0.4, 0.5) is 0 Å². The zero-order valence-electron chi connectivity index (χ0n) is 13.5. The second-order valence-electron chi connectivity index (χ2n) is 5.86. The number of nitrogens with one attached hydrogen (secondary N) is 1. The summed E-state index contributed by atoms with van der Waals surface area (Å²) in [6, 6.07) is 12.2. The van der Waals surface area contributed by atoms with Gasteiger partial charge < -0.3 is 14.5 Å². The van der Waals surface area contributed by atoms with E-state index in [9.17, 15) is 0 Å². The van der Waals surface area contributed by atoms with Crippen molar-refractivity contribution < 1.29 is 9.47 Å². The highest BCUT2D eigenvalue weighted by molar-refractivity contribution is 5.47. The molecule has 3 aromatic rings. The molecule has 5 nitrogen and oxygen atoms in total. The van der Waals surface area contributed by atoms with Crippen molar-refractivity contribution in [2.24, 2.45) is 0 Å². The fourth-order valence-corrected chi connectivity index (χ4v) is 3.31. The first kappa shape index (κ1) is 14.8. The third-order valence-electron chi connectivity index (χ3n) is 4.45. The van der Waals surface area contributed by atoms with Gasteiger partial charge in [0.05, 0.1) is 20.0 Å². The summed E-state index contributed by atoms with van der Waals surface area (Å²) in [5, 5.41) is 0. The lowest BCUT2D eigenvalue weighted by molar-refractivity contribution is 0.357. The summed E-state index contributed by atoms with van der Waals surface area (Å²) in [5.41, 5.74) is 4.64. The predicted octanol–water partition coefficient (Wildman–Crippen LogP) is 3.12. The first-order chi connectivity index (χ1) is 11.8. The molecule has 4 rings (SSSR count). The SMILES string of the molecule is COc1cccc(C[C@H](c2cnc[nH]2)c2cccc3c2CCO3)n1. The monoisotopic (exact) mass is 321 g/mol. The van der Waals surface area contributed by atoms with Crippen LogP contribution in [0.3, 0.4) is 0 Å². The normalized spacial score (nSPS) is 14.0. The summed E-state index contributed by atoms with van der Waals surface area (Å²) in [6.45, 7) is 0.749. The first-order valence-corrected chi connectivity index (χ1v) is 8.08. The first-order valence-electron chi connectivity index (χ1n) is 8.08. The Morgan fingerprint density at radius 2 is 2.17 bits per heavy atom. The van der Waals surface area contributed by atoms with Crippen LogP contribution in [-0.4, -0.2) is 28.7 Å². The average Bonchev–Trinajstić information content (AvgIpc) is 3.31. The summed E-state index contributed by atoms with van der Waals surface area (Å²) < 4.78 is 11.0. The number of H-pyrrole nitrogens is 1. The van der Waals surface area contributed by atoms with Gasteiger partial charge in [-0.15, -0.1) is 0 Å².